The number of thioether (sulfide) groups is 1. The summed E-state index contributed by atoms with van der Waals surface area (Å²) >= 11 is 3.02. The summed E-state index contributed by atoms with van der Waals surface area (Å²) in [7, 11) is -2.00. The topological polar surface area (TPSA) is 78.0 Å². The summed E-state index contributed by atoms with van der Waals surface area (Å²) in [5.74, 6) is 0. The summed E-state index contributed by atoms with van der Waals surface area (Å²) in [6, 6.07) is 11.2. The van der Waals surface area contributed by atoms with E-state index in [0.29, 0.717) is 9.90 Å². The van der Waals surface area contributed by atoms with Crippen LogP contribution < -0.4 is 4.31 Å². The van der Waals surface area contributed by atoms with Gasteiger partial charge in [0, 0.05) is 32.1 Å². The average molecular weight is 491 g/mol. The number of aromatic nitrogens is 1. The van der Waals surface area contributed by atoms with Gasteiger partial charge in [-0.2, -0.15) is 0 Å². The maximum atomic E-state index is 13.1. The van der Waals surface area contributed by atoms with E-state index in [2.05, 4.69) is 22.9 Å². The lowest BCUT2D eigenvalue weighted by molar-refractivity contribution is 0.0347. The molecule has 1 saturated heterocycles. The number of H-pyrrole nitrogens is 1. The lowest BCUT2D eigenvalue weighted by Gasteiger charge is -2.33. The molecular weight excluding hydrogens is 464 g/mol. The zero-order valence-corrected chi connectivity index (χ0v) is 20.5. The van der Waals surface area contributed by atoms with Crippen molar-refractivity contribution in [1.29, 1.82) is 0 Å². The quantitative estimate of drug-likeness (QED) is 0.571. The van der Waals surface area contributed by atoms with E-state index >= 15 is 0 Å². The highest BCUT2D eigenvalue weighted by atomic mass is 32.2. The van der Waals surface area contributed by atoms with Crippen molar-refractivity contribution in [2.75, 3.05) is 50.7 Å². The number of hydrogen-bond acceptors (Lipinski definition) is 7. The number of benzene rings is 1. The van der Waals surface area contributed by atoms with Crippen molar-refractivity contribution in [2.45, 2.75) is 15.9 Å². The molecule has 0 spiro atoms. The number of rotatable bonds is 6. The van der Waals surface area contributed by atoms with E-state index < -0.39 is 10.0 Å². The van der Waals surface area contributed by atoms with E-state index in [0.717, 1.165) is 61.0 Å². The van der Waals surface area contributed by atoms with Gasteiger partial charge in [-0.1, -0.05) is 30.0 Å². The second kappa shape index (κ2) is 8.49. The molecule has 0 amide bonds. The fourth-order valence-electron chi connectivity index (χ4n) is 4.18. The molecule has 0 radical (unpaired) electrons. The molecule has 4 heterocycles. The molecule has 7 nitrogen and oxygen atoms in total. The van der Waals surface area contributed by atoms with E-state index in [9.17, 15) is 8.42 Å². The van der Waals surface area contributed by atoms with Crippen LogP contribution in [0.25, 0.3) is 10.9 Å². The Morgan fingerprint density at radius 1 is 1.25 bits per heavy atom. The summed E-state index contributed by atoms with van der Waals surface area (Å²) in [6.07, 6.45) is 0. The van der Waals surface area contributed by atoms with Crippen molar-refractivity contribution < 1.29 is 13.2 Å². The molecule has 1 N–H and O–H groups in total. The predicted molar refractivity (Wildman–Crippen MR) is 133 cm³/mol. The van der Waals surface area contributed by atoms with Gasteiger partial charge >= 0.3 is 0 Å². The van der Waals surface area contributed by atoms with E-state index in [-0.39, 0.29) is 4.75 Å². The average Bonchev–Trinajstić information content (AvgIpc) is 3.53. The zero-order chi connectivity index (χ0) is 22.3. The number of morpholine rings is 1. The Bertz CT molecular complexity index is 1250. The van der Waals surface area contributed by atoms with Gasteiger partial charge in [-0.05, 0) is 30.5 Å². The predicted octanol–water partition coefficient (Wildman–Crippen LogP) is 3.64. The molecule has 32 heavy (non-hydrogen) atoms. The highest BCUT2D eigenvalue weighted by Gasteiger charge is 2.35. The number of aromatic amines is 1. The molecule has 2 aromatic heterocycles. The highest BCUT2D eigenvalue weighted by molar-refractivity contribution is 8.15. The summed E-state index contributed by atoms with van der Waals surface area (Å²) in [5.41, 5.74) is 2.36. The third-order valence-electron chi connectivity index (χ3n) is 5.88. The van der Waals surface area contributed by atoms with Gasteiger partial charge in [-0.15, -0.1) is 11.3 Å². The van der Waals surface area contributed by atoms with E-state index in [1.807, 2.05) is 18.2 Å². The number of nitrogens with one attached hydrogen (secondary N) is 1. The minimum Gasteiger partial charge on any atom is -0.379 e. The lowest BCUT2D eigenvalue weighted by atomic mass is 10.1. The van der Waals surface area contributed by atoms with E-state index in [1.165, 1.54) is 15.6 Å². The Hall–Kier alpha value is -1.85. The molecule has 0 saturated carbocycles. The molecule has 1 unspecified atom stereocenters. The molecule has 0 bridgehead atoms. The monoisotopic (exact) mass is 490 g/mol. The standard InChI is InChI=1S/C22H26N4O3S3/c1-22(15-26-8-10-29-11-9-26)14-23-21(31-22)17-13-16-5-3-6-18(20(16)24-17)25(2)32(27,28)19-7-4-12-30-19/h3-7,12-13,24H,8-11,14-15H2,1-2H3. The summed E-state index contributed by atoms with van der Waals surface area (Å²) in [5, 5.41) is 3.72. The van der Waals surface area contributed by atoms with Crippen molar-refractivity contribution in [2.24, 2.45) is 4.99 Å². The number of ether oxygens (including phenoxy) is 1. The van der Waals surface area contributed by atoms with Crippen LogP contribution in [-0.4, -0.2) is 74.5 Å². The van der Waals surface area contributed by atoms with Crippen LogP contribution in [0.1, 0.15) is 12.6 Å². The van der Waals surface area contributed by atoms with Crippen LogP contribution in [0, 0.1) is 0 Å². The SMILES string of the molecule is CN(c1cccc2cc(C3=NCC(C)(CN4CCOCC4)S3)[nH]c12)S(=O)(=O)c1cccs1. The Morgan fingerprint density at radius 3 is 2.81 bits per heavy atom. The number of thiophene rings is 1. The molecular formula is C22H26N4O3S3. The van der Waals surface area contributed by atoms with E-state index in [1.54, 1.807) is 36.3 Å². The van der Waals surface area contributed by atoms with Crippen molar-refractivity contribution in [3.05, 3.63) is 47.5 Å². The summed E-state index contributed by atoms with van der Waals surface area (Å²) in [6.45, 7) is 7.51. The van der Waals surface area contributed by atoms with Crippen LogP contribution in [0.5, 0.6) is 0 Å². The Kier molecular flexibility index (Phi) is 5.83. The van der Waals surface area contributed by atoms with Gasteiger partial charge in [-0.3, -0.25) is 14.2 Å². The van der Waals surface area contributed by atoms with Crippen LogP contribution in [-0.2, 0) is 14.8 Å². The third kappa shape index (κ3) is 4.10. The maximum Gasteiger partial charge on any atom is 0.273 e. The number of hydrogen-bond donors (Lipinski definition) is 1. The van der Waals surface area contributed by atoms with Gasteiger partial charge in [0.2, 0.25) is 0 Å². The minimum atomic E-state index is -3.60. The fraction of sp³-hybridized carbons (Fsp3) is 0.409. The second-order valence-corrected chi connectivity index (χ2v) is 13.1. The van der Waals surface area contributed by atoms with E-state index in [4.69, 9.17) is 9.73 Å². The number of sulfonamides is 1. The van der Waals surface area contributed by atoms with Crippen LogP contribution >= 0.6 is 23.1 Å². The van der Waals surface area contributed by atoms with Gasteiger partial charge in [0.15, 0.2) is 0 Å². The molecule has 10 heteroatoms. The zero-order valence-electron chi connectivity index (χ0n) is 18.1. The fourth-order valence-corrected chi connectivity index (χ4v) is 7.74. The highest BCUT2D eigenvalue weighted by Crippen LogP contribution is 2.38. The Balaban J connectivity index is 1.40. The van der Waals surface area contributed by atoms with Crippen LogP contribution in [0.4, 0.5) is 5.69 Å². The van der Waals surface area contributed by atoms with Gasteiger partial charge in [0.1, 0.15) is 9.25 Å². The van der Waals surface area contributed by atoms with Gasteiger partial charge in [0.05, 0.1) is 41.4 Å². The molecule has 2 aliphatic heterocycles. The first-order chi connectivity index (χ1) is 15.4. The number of aliphatic imine (C=N–C) groups is 1. The summed E-state index contributed by atoms with van der Waals surface area (Å²) in [4.78, 5) is 10.7. The van der Waals surface area contributed by atoms with Crippen molar-refractivity contribution in [1.82, 2.24) is 9.88 Å². The molecule has 1 aromatic carbocycles. The lowest BCUT2D eigenvalue weighted by Crippen LogP contribution is -2.45. The summed E-state index contributed by atoms with van der Waals surface area (Å²) < 4.78 is 33.3. The first kappa shape index (κ1) is 22.0. The smallest absolute Gasteiger partial charge is 0.273 e. The molecule has 1 fully saturated rings. The Morgan fingerprint density at radius 2 is 2.06 bits per heavy atom. The molecule has 1 atom stereocenters. The van der Waals surface area contributed by atoms with Gasteiger partial charge in [-0.25, -0.2) is 8.42 Å². The van der Waals surface area contributed by atoms with Crippen molar-refractivity contribution in [3.8, 4) is 0 Å². The number of fused-ring (bicyclic) bond motifs is 1. The van der Waals surface area contributed by atoms with Gasteiger partial charge in [0.25, 0.3) is 10.0 Å². The first-order valence-corrected chi connectivity index (χ1v) is 13.7. The largest absolute Gasteiger partial charge is 0.379 e. The molecule has 2 aliphatic rings. The molecule has 3 aromatic rings. The first-order valence-electron chi connectivity index (χ1n) is 10.5. The normalized spacial score (nSPS) is 22.4. The second-order valence-electron chi connectivity index (χ2n) is 8.39. The van der Waals surface area contributed by atoms with Crippen LogP contribution in [0.2, 0.25) is 0 Å². The van der Waals surface area contributed by atoms with Crippen molar-refractivity contribution >= 4 is 54.8 Å². The van der Waals surface area contributed by atoms with Crippen LogP contribution in [0.3, 0.4) is 0 Å². The number of para-hydroxylation sites is 1. The molecule has 5 rings (SSSR count). The van der Waals surface area contributed by atoms with Gasteiger partial charge < -0.3 is 9.72 Å². The van der Waals surface area contributed by atoms with Crippen molar-refractivity contribution in [3.63, 3.8) is 0 Å². The molecule has 170 valence electrons. The minimum absolute atomic E-state index is 0.0199. The number of nitrogens with zero attached hydrogens (tertiary/aromatic N) is 3. The van der Waals surface area contributed by atoms with Crippen LogP contribution in [0.15, 0.2) is 51.0 Å². The third-order valence-corrected chi connectivity index (χ3v) is 10.3. The number of anilines is 1. The molecule has 0 aliphatic carbocycles. The maximum absolute atomic E-state index is 13.1. The Labute approximate surface area is 196 Å².